The fourth-order valence-electron chi connectivity index (χ4n) is 3.45. The molecule has 0 aliphatic carbocycles. The average molecular weight is 339 g/mol. The first-order valence-electron chi connectivity index (χ1n) is 8.32. The second-order valence-corrected chi connectivity index (χ2v) is 6.73. The summed E-state index contributed by atoms with van der Waals surface area (Å²) in [4.78, 5) is 15.7. The lowest BCUT2D eigenvalue weighted by Crippen LogP contribution is -2.34. The summed E-state index contributed by atoms with van der Waals surface area (Å²) in [5.74, 6) is 0.478. The van der Waals surface area contributed by atoms with Gasteiger partial charge in [-0.25, -0.2) is 15.0 Å². The monoisotopic (exact) mass is 338 g/mol. The van der Waals surface area contributed by atoms with E-state index in [0.29, 0.717) is 10.9 Å². The molecule has 1 aromatic carbocycles. The molecule has 1 unspecified atom stereocenters. The van der Waals surface area contributed by atoms with Gasteiger partial charge in [-0.15, -0.1) is 0 Å². The van der Waals surface area contributed by atoms with E-state index in [-0.39, 0.29) is 0 Å². The Morgan fingerprint density at radius 1 is 1.17 bits per heavy atom. The quantitative estimate of drug-likeness (QED) is 0.722. The smallest absolute Gasteiger partial charge is 0.115 e. The van der Waals surface area contributed by atoms with Gasteiger partial charge in [-0.2, -0.15) is 0 Å². The van der Waals surface area contributed by atoms with Crippen molar-refractivity contribution in [1.82, 2.24) is 19.9 Å². The topological polar surface area (TPSA) is 41.9 Å². The number of hydrogen-bond acceptors (Lipinski definition) is 4. The number of benzene rings is 1. The second kappa shape index (κ2) is 6.83. The van der Waals surface area contributed by atoms with Crippen molar-refractivity contribution in [3.05, 3.63) is 65.3 Å². The zero-order valence-electron chi connectivity index (χ0n) is 13.4. The molecule has 1 fully saturated rings. The number of nitrogens with zero attached hydrogens (tertiary/aromatic N) is 4. The number of pyridine rings is 1. The number of hydrogen-bond donors (Lipinski definition) is 0. The third-order valence-electron chi connectivity index (χ3n) is 4.64. The minimum absolute atomic E-state index is 0.478. The Kier molecular flexibility index (Phi) is 4.41. The average Bonchev–Trinajstić information content (AvgIpc) is 2.63. The molecule has 24 heavy (non-hydrogen) atoms. The Bertz CT molecular complexity index is 837. The van der Waals surface area contributed by atoms with E-state index in [9.17, 15) is 0 Å². The Hall–Kier alpha value is -2.04. The molecule has 0 spiro atoms. The number of halogens is 1. The van der Waals surface area contributed by atoms with Crippen LogP contribution in [-0.4, -0.2) is 32.9 Å². The minimum atomic E-state index is 0.478. The summed E-state index contributed by atoms with van der Waals surface area (Å²) in [5, 5.41) is 1.80. The van der Waals surface area contributed by atoms with Crippen LogP contribution in [0.25, 0.3) is 10.9 Å². The first kappa shape index (κ1) is 15.5. The van der Waals surface area contributed by atoms with Gasteiger partial charge in [0.05, 0.1) is 16.2 Å². The molecule has 0 saturated carbocycles. The Labute approximate surface area is 146 Å². The van der Waals surface area contributed by atoms with Crippen LogP contribution in [0.15, 0.2) is 48.9 Å². The van der Waals surface area contributed by atoms with Crippen molar-refractivity contribution < 1.29 is 0 Å². The number of piperidine rings is 1. The maximum Gasteiger partial charge on any atom is 0.115 e. The number of likely N-dealkylation sites (tertiary alicyclic amines) is 1. The predicted octanol–water partition coefficient (Wildman–Crippen LogP) is 4.06. The third-order valence-corrected chi connectivity index (χ3v) is 4.95. The van der Waals surface area contributed by atoms with Crippen LogP contribution in [0.2, 0.25) is 5.02 Å². The molecular formula is C19H19ClN4. The molecule has 1 aliphatic rings. The molecule has 0 amide bonds. The fourth-order valence-corrected chi connectivity index (χ4v) is 3.68. The lowest BCUT2D eigenvalue weighted by molar-refractivity contribution is 0.196. The highest BCUT2D eigenvalue weighted by Crippen LogP contribution is 2.27. The standard InChI is InChI=1S/C19H19ClN4/c20-17-5-1-3-14-6-7-16(23-19(14)17)12-24-10-2-4-15(11-24)18-8-9-21-13-22-18/h1,3,5-9,13,15H,2,4,10-12H2. The summed E-state index contributed by atoms with van der Waals surface area (Å²) in [6.07, 6.45) is 5.84. The van der Waals surface area contributed by atoms with Gasteiger partial charge < -0.3 is 0 Å². The van der Waals surface area contributed by atoms with Crippen LogP contribution in [-0.2, 0) is 6.54 Å². The van der Waals surface area contributed by atoms with Crippen LogP contribution in [0.4, 0.5) is 0 Å². The van der Waals surface area contributed by atoms with Gasteiger partial charge in [-0.1, -0.05) is 29.8 Å². The zero-order valence-corrected chi connectivity index (χ0v) is 14.2. The van der Waals surface area contributed by atoms with Crippen molar-refractivity contribution in [1.29, 1.82) is 0 Å². The number of aromatic nitrogens is 3. The summed E-state index contributed by atoms with van der Waals surface area (Å²) in [6, 6.07) is 12.1. The maximum absolute atomic E-state index is 6.28. The van der Waals surface area contributed by atoms with E-state index in [4.69, 9.17) is 16.6 Å². The summed E-state index contributed by atoms with van der Waals surface area (Å²) in [6.45, 7) is 2.96. The van der Waals surface area contributed by atoms with Gasteiger partial charge >= 0.3 is 0 Å². The Morgan fingerprint density at radius 2 is 2.12 bits per heavy atom. The van der Waals surface area contributed by atoms with Crippen LogP contribution in [0.5, 0.6) is 0 Å². The summed E-state index contributed by atoms with van der Waals surface area (Å²) >= 11 is 6.28. The van der Waals surface area contributed by atoms with Crippen molar-refractivity contribution in [2.45, 2.75) is 25.3 Å². The van der Waals surface area contributed by atoms with Crippen LogP contribution < -0.4 is 0 Å². The summed E-state index contributed by atoms with van der Waals surface area (Å²) in [5.41, 5.74) is 3.10. The van der Waals surface area contributed by atoms with Gasteiger partial charge in [0.2, 0.25) is 0 Å². The maximum atomic E-state index is 6.28. The van der Waals surface area contributed by atoms with E-state index in [1.807, 2.05) is 30.5 Å². The molecular weight excluding hydrogens is 320 g/mol. The molecule has 1 saturated heterocycles. The van der Waals surface area contributed by atoms with Crippen LogP contribution in [0, 0.1) is 0 Å². The Balaban J connectivity index is 1.51. The third kappa shape index (κ3) is 3.25. The van der Waals surface area contributed by atoms with Crippen molar-refractivity contribution >= 4 is 22.5 Å². The van der Waals surface area contributed by atoms with E-state index in [1.165, 1.54) is 12.8 Å². The largest absolute Gasteiger partial charge is 0.297 e. The van der Waals surface area contributed by atoms with Crippen molar-refractivity contribution in [2.24, 2.45) is 0 Å². The predicted molar refractivity (Wildman–Crippen MR) is 96.0 cm³/mol. The molecule has 5 heteroatoms. The molecule has 122 valence electrons. The Morgan fingerprint density at radius 3 is 3.00 bits per heavy atom. The number of para-hydroxylation sites is 1. The zero-order chi connectivity index (χ0) is 16.4. The summed E-state index contributed by atoms with van der Waals surface area (Å²) in [7, 11) is 0. The van der Waals surface area contributed by atoms with Gasteiger partial charge in [0.25, 0.3) is 0 Å². The van der Waals surface area contributed by atoms with Crippen LogP contribution in [0.3, 0.4) is 0 Å². The SMILES string of the molecule is Clc1cccc2ccc(CN3CCCC(c4ccncn4)C3)nc12. The van der Waals surface area contributed by atoms with Gasteiger partial charge in [0.15, 0.2) is 0 Å². The molecule has 4 nitrogen and oxygen atoms in total. The van der Waals surface area contributed by atoms with E-state index in [1.54, 1.807) is 6.33 Å². The van der Waals surface area contributed by atoms with E-state index in [2.05, 4.69) is 27.0 Å². The number of rotatable bonds is 3. The van der Waals surface area contributed by atoms with Gasteiger partial charge in [0.1, 0.15) is 6.33 Å². The molecule has 1 atom stereocenters. The summed E-state index contributed by atoms with van der Waals surface area (Å²) < 4.78 is 0. The molecule has 1 aliphatic heterocycles. The highest BCUT2D eigenvalue weighted by Gasteiger charge is 2.22. The highest BCUT2D eigenvalue weighted by molar-refractivity contribution is 6.35. The van der Waals surface area contributed by atoms with E-state index < -0.39 is 0 Å². The van der Waals surface area contributed by atoms with Gasteiger partial charge in [-0.3, -0.25) is 4.90 Å². The normalized spacial score (nSPS) is 18.8. The lowest BCUT2D eigenvalue weighted by atomic mass is 9.94. The van der Waals surface area contributed by atoms with Crippen molar-refractivity contribution in [3.63, 3.8) is 0 Å². The van der Waals surface area contributed by atoms with Crippen molar-refractivity contribution in [3.8, 4) is 0 Å². The van der Waals surface area contributed by atoms with Crippen molar-refractivity contribution in [2.75, 3.05) is 13.1 Å². The highest BCUT2D eigenvalue weighted by atomic mass is 35.5. The molecule has 2 aromatic heterocycles. The van der Waals surface area contributed by atoms with Crippen LogP contribution in [0.1, 0.15) is 30.1 Å². The molecule has 0 bridgehead atoms. The van der Waals surface area contributed by atoms with Gasteiger partial charge in [-0.05, 0) is 37.6 Å². The first-order chi connectivity index (χ1) is 11.8. The molecule has 0 N–H and O–H groups in total. The lowest BCUT2D eigenvalue weighted by Gasteiger charge is -2.32. The second-order valence-electron chi connectivity index (χ2n) is 6.32. The molecule has 0 radical (unpaired) electrons. The fraction of sp³-hybridized carbons (Fsp3) is 0.316. The van der Waals surface area contributed by atoms with Crippen LogP contribution >= 0.6 is 11.6 Å². The number of fused-ring (bicyclic) bond motifs is 1. The first-order valence-corrected chi connectivity index (χ1v) is 8.70. The van der Waals surface area contributed by atoms with E-state index in [0.717, 1.165) is 41.9 Å². The molecule has 3 aromatic rings. The van der Waals surface area contributed by atoms with Gasteiger partial charge in [0, 0.05) is 36.3 Å². The minimum Gasteiger partial charge on any atom is -0.297 e. The molecule has 4 rings (SSSR count). The van der Waals surface area contributed by atoms with E-state index >= 15 is 0 Å². The molecule has 3 heterocycles.